The minimum absolute atomic E-state index is 0.0822. The van der Waals surface area contributed by atoms with Crippen molar-refractivity contribution in [2.24, 2.45) is 0 Å². The molecule has 3 rings (SSSR count). The van der Waals surface area contributed by atoms with Crippen molar-refractivity contribution in [2.45, 2.75) is 38.5 Å². The summed E-state index contributed by atoms with van der Waals surface area (Å²) in [7, 11) is 0. The predicted molar refractivity (Wildman–Crippen MR) is 126 cm³/mol. The molecular formula is C28H28O4. The Labute approximate surface area is 189 Å². The summed E-state index contributed by atoms with van der Waals surface area (Å²) in [5.41, 5.74) is 1.42. The summed E-state index contributed by atoms with van der Waals surface area (Å²) in [6.45, 7) is 6.63. The van der Waals surface area contributed by atoms with E-state index in [0.29, 0.717) is 12.4 Å². The molecule has 0 amide bonds. The zero-order valence-electron chi connectivity index (χ0n) is 18.7. The lowest BCUT2D eigenvalue weighted by atomic mass is 9.84. The van der Waals surface area contributed by atoms with E-state index in [9.17, 15) is 9.90 Å². The fourth-order valence-electron chi connectivity index (χ4n) is 3.32. The Kier molecular flexibility index (Phi) is 7.57. The number of hydrogen-bond donors (Lipinski definition) is 1. The van der Waals surface area contributed by atoms with Crippen molar-refractivity contribution in [3.63, 3.8) is 0 Å². The number of aliphatic carboxylic acids is 1. The normalized spacial score (nSPS) is 11.7. The van der Waals surface area contributed by atoms with E-state index in [1.165, 1.54) is 0 Å². The number of carboxylic acids is 1. The van der Waals surface area contributed by atoms with Crippen LogP contribution >= 0.6 is 0 Å². The van der Waals surface area contributed by atoms with Gasteiger partial charge in [0.2, 0.25) is 0 Å². The van der Waals surface area contributed by atoms with Crippen LogP contribution in [0.1, 0.15) is 44.2 Å². The Hall–Kier alpha value is -3.71. The van der Waals surface area contributed by atoms with Crippen molar-refractivity contribution in [2.75, 3.05) is 6.61 Å². The van der Waals surface area contributed by atoms with Crippen LogP contribution in [0.4, 0.5) is 0 Å². The van der Waals surface area contributed by atoms with Crippen LogP contribution in [-0.2, 0) is 10.2 Å². The monoisotopic (exact) mass is 428 g/mol. The van der Waals surface area contributed by atoms with Gasteiger partial charge in [0.05, 0.1) is 24.4 Å². The Morgan fingerprint density at radius 2 is 1.62 bits per heavy atom. The smallest absolute Gasteiger partial charge is 0.304 e. The summed E-state index contributed by atoms with van der Waals surface area (Å²) in [4.78, 5) is 11.5. The molecule has 3 aromatic carbocycles. The van der Waals surface area contributed by atoms with E-state index in [0.717, 1.165) is 22.6 Å². The minimum Gasteiger partial charge on any atom is -0.494 e. The van der Waals surface area contributed by atoms with Crippen LogP contribution in [0, 0.1) is 11.8 Å². The molecule has 0 radical (unpaired) electrons. The van der Waals surface area contributed by atoms with Crippen LogP contribution in [0.25, 0.3) is 0 Å². The highest BCUT2D eigenvalue weighted by Gasteiger charge is 2.20. The maximum absolute atomic E-state index is 11.5. The van der Waals surface area contributed by atoms with E-state index in [2.05, 4.69) is 11.8 Å². The molecule has 0 spiro atoms. The molecule has 3 aromatic rings. The summed E-state index contributed by atoms with van der Waals surface area (Å²) in [5.74, 6) is 7.38. The molecule has 0 fully saturated rings. The Morgan fingerprint density at radius 1 is 0.938 bits per heavy atom. The van der Waals surface area contributed by atoms with Crippen LogP contribution in [0.3, 0.4) is 0 Å². The topological polar surface area (TPSA) is 55.8 Å². The lowest BCUT2D eigenvalue weighted by Gasteiger charge is -2.19. The molecule has 1 unspecified atom stereocenters. The van der Waals surface area contributed by atoms with Crippen molar-refractivity contribution >= 4 is 5.97 Å². The second-order valence-electron chi connectivity index (χ2n) is 7.99. The lowest BCUT2D eigenvalue weighted by Crippen LogP contribution is -2.15. The van der Waals surface area contributed by atoms with Crippen molar-refractivity contribution in [3.05, 3.63) is 90.0 Å². The van der Waals surface area contributed by atoms with E-state index in [1.54, 1.807) is 0 Å². The first-order valence-electron chi connectivity index (χ1n) is 10.7. The van der Waals surface area contributed by atoms with E-state index < -0.39 is 17.3 Å². The van der Waals surface area contributed by atoms with Crippen LogP contribution in [0.15, 0.2) is 78.9 Å². The number of hydrogen-bond acceptors (Lipinski definition) is 3. The van der Waals surface area contributed by atoms with Gasteiger partial charge in [0.25, 0.3) is 0 Å². The standard InChI is InChI=1S/C28H28O4/c1-4-31-24-15-13-23(14-16-24)28(2,3)18-17-22(20-27(29)30)21-9-8-12-26(19-21)32-25-10-6-5-7-11-25/h5-16,19,22H,4,20H2,1-3H3,(H,29,30). The molecule has 0 aliphatic carbocycles. The van der Waals surface area contributed by atoms with Gasteiger partial charge in [-0.2, -0.15) is 0 Å². The van der Waals surface area contributed by atoms with Crippen molar-refractivity contribution in [3.8, 4) is 29.1 Å². The number of carboxylic acid groups (broad SMARTS) is 1. The van der Waals surface area contributed by atoms with Crippen LogP contribution in [-0.4, -0.2) is 17.7 Å². The molecule has 0 heterocycles. The van der Waals surface area contributed by atoms with Crippen LogP contribution in [0.2, 0.25) is 0 Å². The zero-order valence-corrected chi connectivity index (χ0v) is 18.7. The fraction of sp³-hybridized carbons (Fsp3) is 0.250. The number of ether oxygens (including phenoxy) is 2. The van der Waals surface area contributed by atoms with Gasteiger partial charge in [-0.1, -0.05) is 54.3 Å². The van der Waals surface area contributed by atoms with E-state index in [-0.39, 0.29) is 6.42 Å². The SMILES string of the molecule is CCOc1ccc(C(C)(C)C#CC(CC(=O)O)c2cccc(Oc3ccccc3)c2)cc1. The quantitative estimate of drug-likeness (QED) is 0.421. The first-order chi connectivity index (χ1) is 15.4. The van der Waals surface area contributed by atoms with Crippen LogP contribution < -0.4 is 9.47 Å². The van der Waals surface area contributed by atoms with E-state index in [4.69, 9.17) is 9.47 Å². The van der Waals surface area contributed by atoms with E-state index in [1.807, 2.05) is 99.6 Å². The van der Waals surface area contributed by atoms with Gasteiger partial charge < -0.3 is 14.6 Å². The Morgan fingerprint density at radius 3 is 2.28 bits per heavy atom. The van der Waals surface area contributed by atoms with Crippen molar-refractivity contribution < 1.29 is 19.4 Å². The van der Waals surface area contributed by atoms with Crippen molar-refractivity contribution in [1.82, 2.24) is 0 Å². The number of carbonyl (C=O) groups is 1. The molecule has 0 aromatic heterocycles. The molecule has 0 saturated heterocycles. The summed E-state index contributed by atoms with van der Waals surface area (Å²) in [6.07, 6.45) is -0.0822. The molecule has 32 heavy (non-hydrogen) atoms. The third kappa shape index (κ3) is 6.39. The third-order valence-corrected chi connectivity index (χ3v) is 5.06. The highest BCUT2D eigenvalue weighted by molar-refractivity contribution is 5.69. The summed E-state index contributed by atoms with van der Waals surface area (Å²) in [6, 6.07) is 24.8. The third-order valence-electron chi connectivity index (χ3n) is 5.06. The van der Waals surface area contributed by atoms with E-state index >= 15 is 0 Å². The minimum atomic E-state index is -0.891. The molecule has 4 heteroatoms. The average molecular weight is 429 g/mol. The molecule has 0 aliphatic heterocycles. The van der Waals surface area contributed by atoms with Gasteiger partial charge in [-0.05, 0) is 68.3 Å². The van der Waals surface area contributed by atoms with Gasteiger partial charge >= 0.3 is 5.97 Å². The molecule has 164 valence electrons. The van der Waals surface area contributed by atoms with Gasteiger partial charge in [0.1, 0.15) is 17.2 Å². The second kappa shape index (κ2) is 10.5. The Bertz CT molecular complexity index is 1090. The summed E-state index contributed by atoms with van der Waals surface area (Å²) < 4.78 is 11.4. The molecule has 4 nitrogen and oxygen atoms in total. The number of rotatable bonds is 8. The Balaban J connectivity index is 1.85. The maximum atomic E-state index is 11.5. The largest absolute Gasteiger partial charge is 0.494 e. The van der Waals surface area contributed by atoms with Crippen molar-refractivity contribution in [1.29, 1.82) is 0 Å². The predicted octanol–water partition coefficient (Wildman–Crippen LogP) is 6.42. The molecule has 1 atom stereocenters. The van der Waals surface area contributed by atoms with Gasteiger partial charge in [-0.15, -0.1) is 0 Å². The van der Waals surface area contributed by atoms with Gasteiger partial charge in [-0.3, -0.25) is 4.79 Å². The molecule has 1 N–H and O–H groups in total. The van der Waals surface area contributed by atoms with Gasteiger partial charge in [-0.25, -0.2) is 0 Å². The average Bonchev–Trinajstić information content (AvgIpc) is 2.78. The van der Waals surface area contributed by atoms with Gasteiger partial charge in [0.15, 0.2) is 0 Å². The summed E-state index contributed by atoms with van der Waals surface area (Å²) in [5, 5.41) is 9.46. The number of para-hydroxylation sites is 1. The summed E-state index contributed by atoms with van der Waals surface area (Å²) >= 11 is 0. The number of benzene rings is 3. The molecule has 0 aliphatic rings. The molecular weight excluding hydrogens is 400 g/mol. The highest BCUT2D eigenvalue weighted by atomic mass is 16.5. The first-order valence-corrected chi connectivity index (χ1v) is 10.7. The molecule has 0 saturated carbocycles. The first kappa shape index (κ1) is 23.0. The lowest BCUT2D eigenvalue weighted by molar-refractivity contribution is -0.137. The van der Waals surface area contributed by atoms with Gasteiger partial charge in [0, 0.05) is 0 Å². The maximum Gasteiger partial charge on any atom is 0.304 e. The highest BCUT2D eigenvalue weighted by Crippen LogP contribution is 2.29. The fourth-order valence-corrected chi connectivity index (χ4v) is 3.32. The zero-order chi connectivity index (χ0) is 23.0. The second-order valence-corrected chi connectivity index (χ2v) is 7.99. The van der Waals surface area contributed by atoms with Crippen LogP contribution in [0.5, 0.6) is 17.2 Å². The molecule has 0 bridgehead atoms.